The number of nitrogens with zero attached hydrogens (tertiary/aromatic N) is 1. The first-order valence-electron chi connectivity index (χ1n) is 8.16. The Labute approximate surface area is 160 Å². The molecule has 0 saturated heterocycles. The quantitative estimate of drug-likeness (QED) is 0.208. The molecule has 0 saturated carbocycles. The van der Waals surface area contributed by atoms with Crippen LogP contribution in [0, 0.1) is 0 Å². The van der Waals surface area contributed by atoms with E-state index in [0.717, 1.165) is 16.2 Å². The molecule has 0 bridgehead atoms. The molecule has 0 amide bonds. The molecule has 2 N–H and O–H groups in total. The number of allylic oxidation sites excluding steroid dienone is 1. The molecule has 0 fully saturated rings. The first-order chi connectivity index (χ1) is 13.2. The normalized spacial score (nSPS) is 11.2. The van der Waals surface area contributed by atoms with E-state index in [0.29, 0.717) is 12.2 Å². The third-order valence-corrected chi connectivity index (χ3v) is 4.46. The van der Waals surface area contributed by atoms with Gasteiger partial charge in [0.25, 0.3) is 0 Å². The minimum atomic E-state index is -0.729. The first kappa shape index (κ1) is 18.5. The summed E-state index contributed by atoms with van der Waals surface area (Å²) in [6.07, 6.45) is 2.52. The number of nitrogens with two attached hydrogens (primary N) is 1. The first-order valence-corrected chi connectivity index (χ1v) is 9.04. The highest BCUT2D eigenvalue weighted by Gasteiger charge is 2.14. The van der Waals surface area contributed by atoms with Crippen LogP contribution in [0.4, 0.5) is 0 Å². The Balaban J connectivity index is 1.59. The maximum atomic E-state index is 12.0. The van der Waals surface area contributed by atoms with Gasteiger partial charge in [-0.15, -0.1) is 17.9 Å². The molecule has 138 valence electrons. The van der Waals surface area contributed by atoms with Gasteiger partial charge >= 0.3 is 5.97 Å². The second-order valence-corrected chi connectivity index (χ2v) is 6.44. The van der Waals surface area contributed by atoms with Crippen LogP contribution in [0.5, 0.6) is 5.75 Å². The van der Waals surface area contributed by atoms with Crippen LogP contribution in [0.2, 0.25) is 0 Å². The second kappa shape index (κ2) is 8.86. The number of amidine groups is 1. The van der Waals surface area contributed by atoms with Crippen LogP contribution in [-0.4, -0.2) is 11.8 Å². The van der Waals surface area contributed by atoms with Crippen molar-refractivity contribution in [3.8, 4) is 5.75 Å². The Bertz CT molecular complexity index is 945. The molecule has 2 heterocycles. The van der Waals surface area contributed by atoms with Crippen LogP contribution in [0.3, 0.4) is 0 Å². The minimum absolute atomic E-state index is 0.0238. The summed E-state index contributed by atoms with van der Waals surface area (Å²) in [6.45, 7) is 3.92. The molecule has 1 aromatic carbocycles. The van der Waals surface area contributed by atoms with Crippen molar-refractivity contribution in [1.29, 1.82) is 0 Å². The molecular formula is C20H18N2O4S. The molecule has 2 aromatic heterocycles. The molecule has 0 aliphatic heterocycles. The molecule has 6 nitrogen and oxygen atoms in total. The summed E-state index contributed by atoms with van der Waals surface area (Å²) in [5.74, 6) is 0.660. The summed E-state index contributed by atoms with van der Waals surface area (Å²) < 4.78 is 11.2. The molecule has 3 aromatic rings. The van der Waals surface area contributed by atoms with E-state index in [1.807, 2.05) is 41.8 Å². The SMILES string of the molecule is C=CCc1ccccc1OCc1ccc(C(=O)O/N=C(\N)c2cccs2)o1. The zero-order valence-corrected chi connectivity index (χ0v) is 15.3. The highest BCUT2D eigenvalue weighted by Crippen LogP contribution is 2.21. The van der Waals surface area contributed by atoms with E-state index in [2.05, 4.69) is 11.7 Å². The van der Waals surface area contributed by atoms with Gasteiger partial charge in [0.1, 0.15) is 18.1 Å². The molecule has 0 atom stereocenters. The van der Waals surface area contributed by atoms with Crippen molar-refractivity contribution < 1.29 is 18.8 Å². The van der Waals surface area contributed by atoms with Gasteiger partial charge in [-0.3, -0.25) is 0 Å². The van der Waals surface area contributed by atoms with E-state index in [4.69, 9.17) is 19.7 Å². The molecule has 3 rings (SSSR count). The van der Waals surface area contributed by atoms with E-state index in [9.17, 15) is 4.79 Å². The van der Waals surface area contributed by atoms with Crippen molar-refractivity contribution in [3.63, 3.8) is 0 Å². The van der Waals surface area contributed by atoms with E-state index in [1.54, 1.807) is 12.1 Å². The monoisotopic (exact) mass is 382 g/mol. The fourth-order valence-corrected chi connectivity index (χ4v) is 2.91. The number of hydrogen-bond donors (Lipinski definition) is 1. The number of para-hydroxylation sites is 1. The van der Waals surface area contributed by atoms with Gasteiger partial charge in [0.05, 0.1) is 4.88 Å². The van der Waals surface area contributed by atoms with Crippen molar-refractivity contribution in [2.75, 3.05) is 0 Å². The zero-order chi connectivity index (χ0) is 19.1. The van der Waals surface area contributed by atoms with Crippen molar-refractivity contribution in [2.45, 2.75) is 13.0 Å². The van der Waals surface area contributed by atoms with Gasteiger partial charge in [0.15, 0.2) is 5.84 Å². The maximum absolute atomic E-state index is 12.0. The molecule has 0 unspecified atom stereocenters. The zero-order valence-electron chi connectivity index (χ0n) is 14.5. The number of carbonyl (C=O) groups is 1. The Morgan fingerprint density at radius 2 is 2.07 bits per heavy atom. The fourth-order valence-electron chi connectivity index (χ4n) is 2.29. The highest BCUT2D eigenvalue weighted by atomic mass is 32.1. The maximum Gasteiger partial charge on any atom is 0.400 e. The third-order valence-electron chi connectivity index (χ3n) is 3.57. The highest BCUT2D eigenvalue weighted by molar-refractivity contribution is 7.12. The molecule has 0 spiro atoms. The van der Waals surface area contributed by atoms with E-state index >= 15 is 0 Å². The van der Waals surface area contributed by atoms with Crippen LogP contribution >= 0.6 is 11.3 Å². The fraction of sp³-hybridized carbons (Fsp3) is 0.100. The predicted octanol–water partition coefficient (Wildman–Crippen LogP) is 4.13. The molecule has 7 heteroatoms. The van der Waals surface area contributed by atoms with Crippen molar-refractivity contribution >= 4 is 23.1 Å². The van der Waals surface area contributed by atoms with E-state index in [1.165, 1.54) is 17.4 Å². The molecule has 0 radical (unpaired) electrons. The lowest BCUT2D eigenvalue weighted by atomic mass is 10.1. The number of hydrogen-bond acceptors (Lipinski definition) is 6. The Hall–Kier alpha value is -3.32. The van der Waals surface area contributed by atoms with Gasteiger partial charge in [-0.1, -0.05) is 35.5 Å². The largest absolute Gasteiger partial charge is 0.485 e. The lowest BCUT2D eigenvalue weighted by Crippen LogP contribution is -2.13. The van der Waals surface area contributed by atoms with Crippen LogP contribution in [0.25, 0.3) is 0 Å². The number of rotatable bonds is 8. The van der Waals surface area contributed by atoms with Crippen LogP contribution in [0.15, 0.2) is 76.1 Å². The Morgan fingerprint density at radius 1 is 1.22 bits per heavy atom. The molecular weight excluding hydrogens is 364 g/mol. The number of ether oxygens (including phenoxy) is 1. The van der Waals surface area contributed by atoms with Gasteiger partial charge in [0.2, 0.25) is 5.76 Å². The second-order valence-electron chi connectivity index (χ2n) is 5.49. The Kier molecular flexibility index (Phi) is 6.06. The summed E-state index contributed by atoms with van der Waals surface area (Å²) >= 11 is 1.40. The van der Waals surface area contributed by atoms with Crippen molar-refractivity contribution in [1.82, 2.24) is 0 Å². The number of carbonyl (C=O) groups excluding carboxylic acids is 1. The summed E-state index contributed by atoms with van der Waals surface area (Å²) in [7, 11) is 0. The molecule has 0 aliphatic carbocycles. The van der Waals surface area contributed by atoms with Gasteiger partial charge < -0.3 is 19.7 Å². The standard InChI is InChI=1S/C20H18N2O4S/c1-2-6-14-7-3-4-8-16(14)24-13-15-10-11-17(25-15)20(23)26-22-19(21)18-9-5-12-27-18/h2-5,7-12H,1,6,13H2,(H2,21,22). The van der Waals surface area contributed by atoms with Gasteiger partial charge in [-0.2, -0.15) is 0 Å². The van der Waals surface area contributed by atoms with Crippen molar-refractivity contribution in [2.24, 2.45) is 10.9 Å². The minimum Gasteiger partial charge on any atom is -0.485 e. The third kappa shape index (κ3) is 4.86. The summed E-state index contributed by atoms with van der Waals surface area (Å²) in [6, 6.07) is 14.4. The lowest BCUT2D eigenvalue weighted by Gasteiger charge is -2.08. The van der Waals surface area contributed by atoms with Crippen molar-refractivity contribution in [3.05, 3.63) is 88.5 Å². The number of benzene rings is 1. The van der Waals surface area contributed by atoms with E-state index < -0.39 is 5.97 Å². The van der Waals surface area contributed by atoms with Gasteiger partial charge in [-0.05, 0) is 41.6 Å². The van der Waals surface area contributed by atoms with Crippen LogP contribution < -0.4 is 10.5 Å². The summed E-state index contributed by atoms with van der Waals surface area (Å²) in [5, 5.41) is 5.49. The smallest absolute Gasteiger partial charge is 0.400 e. The average molecular weight is 382 g/mol. The Morgan fingerprint density at radius 3 is 2.85 bits per heavy atom. The lowest BCUT2D eigenvalue weighted by molar-refractivity contribution is 0.0475. The van der Waals surface area contributed by atoms with E-state index in [-0.39, 0.29) is 18.2 Å². The van der Waals surface area contributed by atoms with Gasteiger partial charge in [-0.25, -0.2) is 4.79 Å². The summed E-state index contributed by atoms with van der Waals surface area (Å²) in [4.78, 5) is 17.6. The number of thiophene rings is 1. The molecule has 27 heavy (non-hydrogen) atoms. The number of oxime groups is 1. The van der Waals surface area contributed by atoms with Gasteiger partial charge in [0, 0.05) is 0 Å². The van der Waals surface area contributed by atoms with Crippen LogP contribution in [-0.2, 0) is 17.9 Å². The molecule has 0 aliphatic rings. The summed E-state index contributed by atoms with van der Waals surface area (Å²) in [5.41, 5.74) is 6.77. The average Bonchev–Trinajstić information content (AvgIpc) is 3.37. The number of furan rings is 1. The predicted molar refractivity (Wildman–Crippen MR) is 104 cm³/mol. The van der Waals surface area contributed by atoms with Crippen LogP contribution in [0.1, 0.15) is 26.8 Å². The topological polar surface area (TPSA) is 87.0 Å².